The van der Waals surface area contributed by atoms with Crippen LogP contribution in [0.25, 0.3) is 0 Å². The first-order valence-electron chi connectivity index (χ1n) is 7.57. The van der Waals surface area contributed by atoms with E-state index in [0.29, 0.717) is 19.1 Å². The average molecular weight is 267 g/mol. The summed E-state index contributed by atoms with van der Waals surface area (Å²) in [5.41, 5.74) is 0. The molecule has 1 amide bonds. The lowest BCUT2D eigenvalue weighted by molar-refractivity contribution is -0.123. The number of carbonyl (C=O) groups is 1. The third-order valence-corrected chi connectivity index (χ3v) is 4.95. The van der Waals surface area contributed by atoms with Crippen molar-refractivity contribution in [3.63, 3.8) is 0 Å². The van der Waals surface area contributed by atoms with Gasteiger partial charge in [0.15, 0.2) is 0 Å². The second kappa shape index (κ2) is 5.77. The Morgan fingerprint density at radius 2 is 2.37 bits per heavy atom. The van der Waals surface area contributed by atoms with E-state index in [2.05, 4.69) is 22.5 Å². The fourth-order valence-electron chi connectivity index (χ4n) is 3.74. The molecule has 3 heterocycles. The van der Waals surface area contributed by atoms with Crippen molar-refractivity contribution < 1.29 is 9.53 Å². The van der Waals surface area contributed by atoms with Crippen molar-refractivity contribution in [2.45, 2.75) is 31.9 Å². The smallest absolute Gasteiger partial charge is 0.234 e. The Morgan fingerprint density at radius 3 is 3.11 bits per heavy atom. The maximum atomic E-state index is 12.0. The normalized spacial score (nSPS) is 38.6. The van der Waals surface area contributed by atoms with Gasteiger partial charge in [0.25, 0.3) is 0 Å². The van der Waals surface area contributed by atoms with E-state index in [9.17, 15) is 4.79 Å². The van der Waals surface area contributed by atoms with Gasteiger partial charge in [0.05, 0.1) is 12.6 Å². The van der Waals surface area contributed by atoms with Gasteiger partial charge in [0, 0.05) is 25.7 Å². The summed E-state index contributed by atoms with van der Waals surface area (Å²) >= 11 is 0. The zero-order chi connectivity index (χ0) is 13.2. The molecule has 0 aromatic heterocycles. The summed E-state index contributed by atoms with van der Waals surface area (Å²) in [5.74, 6) is 1.61. The summed E-state index contributed by atoms with van der Waals surface area (Å²) in [6.07, 6.45) is 2.44. The van der Waals surface area contributed by atoms with Gasteiger partial charge in [0.2, 0.25) is 5.91 Å². The molecule has 0 radical (unpaired) electrons. The summed E-state index contributed by atoms with van der Waals surface area (Å²) in [6, 6.07) is 0.522. The first-order chi connectivity index (χ1) is 9.24. The highest BCUT2D eigenvalue weighted by molar-refractivity contribution is 5.78. The first kappa shape index (κ1) is 13.3. The van der Waals surface area contributed by atoms with E-state index >= 15 is 0 Å². The monoisotopic (exact) mass is 267 g/mol. The molecule has 0 aromatic rings. The molecule has 3 aliphatic heterocycles. The highest BCUT2D eigenvalue weighted by Crippen LogP contribution is 2.31. The molecule has 5 heteroatoms. The molecule has 0 saturated carbocycles. The minimum atomic E-state index is 0.148. The molecule has 0 spiro atoms. The van der Waals surface area contributed by atoms with Crippen molar-refractivity contribution >= 4 is 5.91 Å². The topological polar surface area (TPSA) is 53.6 Å². The summed E-state index contributed by atoms with van der Waals surface area (Å²) in [4.78, 5) is 14.3. The number of fused-ring (bicyclic) bond motifs is 1. The number of hydrogen-bond donors (Lipinski definition) is 2. The molecule has 2 N–H and O–H groups in total. The van der Waals surface area contributed by atoms with Gasteiger partial charge in [0.1, 0.15) is 0 Å². The lowest BCUT2D eigenvalue weighted by Crippen LogP contribution is -2.43. The van der Waals surface area contributed by atoms with Crippen LogP contribution in [0.2, 0.25) is 0 Å². The van der Waals surface area contributed by atoms with Crippen LogP contribution in [0, 0.1) is 11.8 Å². The number of nitrogens with zero attached hydrogens (tertiary/aromatic N) is 1. The molecule has 5 nitrogen and oxygen atoms in total. The van der Waals surface area contributed by atoms with Crippen LogP contribution < -0.4 is 10.6 Å². The van der Waals surface area contributed by atoms with Crippen molar-refractivity contribution in [3.8, 4) is 0 Å². The molecule has 19 heavy (non-hydrogen) atoms. The number of ether oxygens (including phenoxy) is 1. The molecule has 4 unspecified atom stereocenters. The van der Waals surface area contributed by atoms with Crippen LogP contribution in [0.4, 0.5) is 0 Å². The third kappa shape index (κ3) is 2.93. The standard InChI is InChI=1S/C14H25N3O2/c1-10-13-7-15-5-11(13)8-17(10)9-14(18)16-6-12-3-2-4-19-12/h10-13,15H,2-9H2,1H3,(H,16,18). The number of carbonyl (C=O) groups excluding carboxylic acids is 1. The Morgan fingerprint density at radius 1 is 1.47 bits per heavy atom. The number of amides is 1. The molecule has 3 saturated heterocycles. The van der Waals surface area contributed by atoms with Crippen molar-refractivity contribution in [1.29, 1.82) is 0 Å². The molecule has 4 atom stereocenters. The summed E-state index contributed by atoms with van der Waals surface area (Å²) < 4.78 is 5.52. The zero-order valence-corrected chi connectivity index (χ0v) is 11.7. The molecule has 0 aliphatic carbocycles. The number of nitrogens with one attached hydrogen (secondary N) is 2. The van der Waals surface area contributed by atoms with E-state index < -0.39 is 0 Å². The predicted molar refractivity (Wildman–Crippen MR) is 72.9 cm³/mol. The molecule has 3 rings (SSSR count). The van der Waals surface area contributed by atoms with E-state index in [1.165, 1.54) is 0 Å². The molecule has 3 fully saturated rings. The highest BCUT2D eigenvalue weighted by Gasteiger charge is 2.42. The fraction of sp³-hybridized carbons (Fsp3) is 0.929. The summed E-state index contributed by atoms with van der Waals surface area (Å²) in [6.45, 7) is 7.61. The maximum absolute atomic E-state index is 12.0. The Labute approximate surface area is 115 Å². The Bertz CT molecular complexity index is 331. The second-order valence-electron chi connectivity index (χ2n) is 6.19. The highest BCUT2D eigenvalue weighted by atomic mass is 16.5. The Hall–Kier alpha value is -0.650. The number of hydrogen-bond acceptors (Lipinski definition) is 4. The van der Waals surface area contributed by atoms with Gasteiger partial charge >= 0.3 is 0 Å². The van der Waals surface area contributed by atoms with E-state index in [-0.39, 0.29) is 12.0 Å². The van der Waals surface area contributed by atoms with Crippen LogP contribution in [0.5, 0.6) is 0 Å². The Balaban J connectivity index is 1.42. The molecule has 108 valence electrons. The predicted octanol–water partition coefficient (Wildman–Crippen LogP) is -0.179. The molecular formula is C14H25N3O2. The van der Waals surface area contributed by atoms with Gasteiger partial charge in [-0.1, -0.05) is 0 Å². The largest absolute Gasteiger partial charge is 0.376 e. The van der Waals surface area contributed by atoms with Gasteiger partial charge in [-0.05, 0) is 44.7 Å². The zero-order valence-electron chi connectivity index (χ0n) is 11.7. The van der Waals surface area contributed by atoms with Gasteiger partial charge < -0.3 is 15.4 Å². The molecular weight excluding hydrogens is 242 g/mol. The molecule has 0 aromatic carbocycles. The van der Waals surface area contributed by atoms with Gasteiger partial charge in [-0.2, -0.15) is 0 Å². The van der Waals surface area contributed by atoms with E-state index in [4.69, 9.17) is 4.74 Å². The minimum Gasteiger partial charge on any atom is -0.376 e. The lowest BCUT2D eigenvalue weighted by atomic mass is 9.95. The van der Waals surface area contributed by atoms with Gasteiger partial charge in [-0.15, -0.1) is 0 Å². The first-order valence-corrected chi connectivity index (χ1v) is 7.57. The van der Waals surface area contributed by atoms with Gasteiger partial charge in [-0.3, -0.25) is 9.69 Å². The van der Waals surface area contributed by atoms with E-state index in [0.717, 1.165) is 50.9 Å². The summed E-state index contributed by atoms with van der Waals surface area (Å²) in [7, 11) is 0. The minimum absolute atomic E-state index is 0.148. The van der Waals surface area contributed by atoms with Crippen LogP contribution >= 0.6 is 0 Å². The van der Waals surface area contributed by atoms with E-state index in [1.54, 1.807) is 0 Å². The van der Waals surface area contributed by atoms with Crippen LogP contribution in [0.3, 0.4) is 0 Å². The third-order valence-electron chi connectivity index (χ3n) is 4.95. The van der Waals surface area contributed by atoms with Crippen molar-refractivity contribution in [3.05, 3.63) is 0 Å². The number of rotatable bonds is 4. The van der Waals surface area contributed by atoms with E-state index in [1.807, 2.05) is 0 Å². The summed E-state index contributed by atoms with van der Waals surface area (Å²) in [5, 5.41) is 6.46. The maximum Gasteiger partial charge on any atom is 0.234 e. The second-order valence-corrected chi connectivity index (χ2v) is 6.19. The van der Waals surface area contributed by atoms with Crippen molar-refractivity contribution in [2.24, 2.45) is 11.8 Å². The molecule has 0 bridgehead atoms. The molecule has 3 aliphatic rings. The quantitative estimate of drug-likeness (QED) is 0.742. The Kier molecular flexibility index (Phi) is 4.05. The van der Waals surface area contributed by atoms with Crippen LogP contribution in [0.1, 0.15) is 19.8 Å². The average Bonchev–Trinajstić information content (AvgIpc) is 3.09. The SMILES string of the molecule is CC1C2CNCC2CN1CC(=O)NCC1CCCO1. The lowest BCUT2D eigenvalue weighted by Gasteiger charge is -2.23. The number of likely N-dealkylation sites (tertiary alicyclic amines) is 1. The van der Waals surface area contributed by atoms with Crippen LogP contribution in [-0.4, -0.2) is 62.3 Å². The van der Waals surface area contributed by atoms with Crippen molar-refractivity contribution in [1.82, 2.24) is 15.5 Å². The van der Waals surface area contributed by atoms with Gasteiger partial charge in [-0.25, -0.2) is 0 Å². The fourth-order valence-corrected chi connectivity index (χ4v) is 3.74. The van der Waals surface area contributed by atoms with Crippen LogP contribution in [-0.2, 0) is 9.53 Å². The van der Waals surface area contributed by atoms with Crippen LogP contribution in [0.15, 0.2) is 0 Å². The van der Waals surface area contributed by atoms with Crippen molar-refractivity contribution in [2.75, 3.05) is 39.3 Å².